The van der Waals surface area contributed by atoms with Crippen LogP contribution in [0.25, 0.3) is 0 Å². The smallest absolute Gasteiger partial charge is 0.240 e. The monoisotopic (exact) mass is 288 g/mol. The van der Waals surface area contributed by atoms with Crippen molar-refractivity contribution in [3.05, 3.63) is 35.4 Å². The van der Waals surface area contributed by atoms with E-state index in [9.17, 15) is 4.79 Å². The van der Waals surface area contributed by atoms with Gasteiger partial charge >= 0.3 is 0 Å². The Labute approximate surface area is 128 Å². The summed E-state index contributed by atoms with van der Waals surface area (Å²) in [4.78, 5) is 12.4. The highest BCUT2D eigenvalue weighted by Gasteiger charge is 2.35. The molecule has 0 heterocycles. The quantitative estimate of drug-likeness (QED) is 0.888. The summed E-state index contributed by atoms with van der Waals surface area (Å²) in [5, 5.41) is 3.09. The number of amides is 1. The minimum Gasteiger partial charge on any atom is -0.348 e. The van der Waals surface area contributed by atoms with Crippen molar-refractivity contribution in [2.45, 2.75) is 70.4 Å². The van der Waals surface area contributed by atoms with E-state index in [1.54, 1.807) is 0 Å². The van der Waals surface area contributed by atoms with Crippen molar-refractivity contribution in [3.8, 4) is 0 Å². The number of nitrogens with one attached hydrogen (secondary N) is 1. The number of nitrogens with two attached hydrogens (primary N) is 1. The molecule has 0 bridgehead atoms. The van der Waals surface area contributed by atoms with Crippen LogP contribution in [-0.2, 0) is 4.79 Å². The molecule has 116 valence electrons. The Morgan fingerprint density at radius 2 is 1.57 bits per heavy atom. The SMILES string of the molecule is CC(C)c1ccc(C(C)NC(=O)C2(N)CCCCC2)cc1. The van der Waals surface area contributed by atoms with Gasteiger partial charge < -0.3 is 11.1 Å². The van der Waals surface area contributed by atoms with Gasteiger partial charge in [-0.3, -0.25) is 4.79 Å². The van der Waals surface area contributed by atoms with Crippen LogP contribution in [-0.4, -0.2) is 11.4 Å². The maximum Gasteiger partial charge on any atom is 0.240 e. The second-order valence-corrected chi connectivity index (χ2v) is 6.73. The summed E-state index contributed by atoms with van der Waals surface area (Å²) in [6.07, 6.45) is 4.91. The van der Waals surface area contributed by atoms with Crippen LogP contribution in [0, 0.1) is 0 Å². The molecular weight excluding hydrogens is 260 g/mol. The Kier molecular flexibility index (Phi) is 5.04. The Bertz CT molecular complexity index is 472. The van der Waals surface area contributed by atoms with Gasteiger partial charge in [0.2, 0.25) is 5.91 Å². The molecule has 1 aliphatic rings. The molecule has 3 N–H and O–H groups in total. The molecule has 1 unspecified atom stereocenters. The standard InChI is InChI=1S/C18H28N2O/c1-13(2)15-7-9-16(10-8-15)14(3)20-17(21)18(19)11-5-4-6-12-18/h7-10,13-14H,4-6,11-12,19H2,1-3H3,(H,20,21). The van der Waals surface area contributed by atoms with E-state index < -0.39 is 5.54 Å². The summed E-state index contributed by atoms with van der Waals surface area (Å²) >= 11 is 0. The first kappa shape index (κ1) is 16.0. The molecule has 1 atom stereocenters. The fraction of sp³-hybridized carbons (Fsp3) is 0.611. The number of carbonyl (C=O) groups is 1. The molecule has 0 spiro atoms. The van der Waals surface area contributed by atoms with E-state index >= 15 is 0 Å². The van der Waals surface area contributed by atoms with Gasteiger partial charge in [0.1, 0.15) is 0 Å². The largest absolute Gasteiger partial charge is 0.348 e. The zero-order chi connectivity index (χ0) is 15.5. The first-order valence-electron chi connectivity index (χ1n) is 8.12. The van der Waals surface area contributed by atoms with Crippen molar-refractivity contribution >= 4 is 5.91 Å². The van der Waals surface area contributed by atoms with Crippen LogP contribution in [0.3, 0.4) is 0 Å². The van der Waals surface area contributed by atoms with Crippen LogP contribution in [0.5, 0.6) is 0 Å². The summed E-state index contributed by atoms with van der Waals surface area (Å²) in [5.41, 5.74) is 8.07. The summed E-state index contributed by atoms with van der Waals surface area (Å²) in [7, 11) is 0. The van der Waals surface area contributed by atoms with Crippen molar-refractivity contribution in [3.63, 3.8) is 0 Å². The Hall–Kier alpha value is -1.35. The van der Waals surface area contributed by atoms with E-state index in [0.717, 1.165) is 31.2 Å². The van der Waals surface area contributed by atoms with Crippen molar-refractivity contribution < 1.29 is 4.79 Å². The lowest BCUT2D eigenvalue weighted by atomic mass is 9.81. The van der Waals surface area contributed by atoms with Crippen molar-refractivity contribution in [1.82, 2.24) is 5.32 Å². The minimum absolute atomic E-state index is 0.000985. The predicted molar refractivity (Wildman–Crippen MR) is 87.1 cm³/mol. The van der Waals surface area contributed by atoms with Crippen LogP contribution in [0.1, 0.15) is 76.0 Å². The zero-order valence-corrected chi connectivity index (χ0v) is 13.5. The van der Waals surface area contributed by atoms with Gasteiger partial charge in [0.25, 0.3) is 0 Å². The molecular formula is C18H28N2O. The van der Waals surface area contributed by atoms with E-state index in [1.807, 2.05) is 6.92 Å². The summed E-state index contributed by atoms with van der Waals surface area (Å²) in [6, 6.07) is 8.48. The van der Waals surface area contributed by atoms with Gasteiger partial charge in [-0.1, -0.05) is 57.4 Å². The third-order valence-electron chi connectivity index (χ3n) is 4.65. The minimum atomic E-state index is -0.662. The summed E-state index contributed by atoms with van der Waals surface area (Å²) < 4.78 is 0. The van der Waals surface area contributed by atoms with Gasteiger partial charge in [-0.2, -0.15) is 0 Å². The zero-order valence-electron chi connectivity index (χ0n) is 13.5. The topological polar surface area (TPSA) is 55.1 Å². The lowest BCUT2D eigenvalue weighted by Gasteiger charge is -2.33. The Balaban J connectivity index is 2.00. The molecule has 1 amide bonds. The molecule has 0 radical (unpaired) electrons. The van der Waals surface area contributed by atoms with Crippen LogP contribution >= 0.6 is 0 Å². The Morgan fingerprint density at radius 1 is 1.05 bits per heavy atom. The summed E-state index contributed by atoms with van der Waals surface area (Å²) in [6.45, 7) is 6.39. The van der Waals surface area contributed by atoms with Gasteiger partial charge in [0.15, 0.2) is 0 Å². The normalized spacial score (nSPS) is 19.3. The highest BCUT2D eigenvalue weighted by atomic mass is 16.2. The molecule has 0 aliphatic heterocycles. The molecule has 1 aliphatic carbocycles. The fourth-order valence-electron chi connectivity index (χ4n) is 3.00. The first-order chi connectivity index (χ1) is 9.92. The fourth-order valence-corrected chi connectivity index (χ4v) is 3.00. The van der Waals surface area contributed by atoms with E-state index in [-0.39, 0.29) is 11.9 Å². The van der Waals surface area contributed by atoms with Gasteiger partial charge in [0, 0.05) is 0 Å². The van der Waals surface area contributed by atoms with Crippen molar-refractivity contribution in [2.75, 3.05) is 0 Å². The molecule has 1 aromatic rings. The number of rotatable bonds is 4. The third kappa shape index (κ3) is 3.85. The molecule has 0 saturated heterocycles. The van der Waals surface area contributed by atoms with Gasteiger partial charge in [-0.05, 0) is 36.8 Å². The number of hydrogen-bond acceptors (Lipinski definition) is 2. The molecule has 21 heavy (non-hydrogen) atoms. The molecule has 2 rings (SSSR count). The number of benzene rings is 1. The lowest BCUT2D eigenvalue weighted by Crippen LogP contribution is -2.55. The lowest BCUT2D eigenvalue weighted by molar-refractivity contribution is -0.128. The van der Waals surface area contributed by atoms with E-state index in [1.165, 1.54) is 12.0 Å². The van der Waals surface area contributed by atoms with Crippen molar-refractivity contribution in [1.29, 1.82) is 0 Å². The second kappa shape index (κ2) is 6.61. The summed E-state index contributed by atoms with van der Waals surface area (Å²) in [5.74, 6) is 0.529. The highest BCUT2D eigenvalue weighted by molar-refractivity contribution is 5.86. The maximum atomic E-state index is 12.4. The molecule has 1 saturated carbocycles. The van der Waals surface area contributed by atoms with Crippen LogP contribution in [0.15, 0.2) is 24.3 Å². The van der Waals surface area contributed by atoms with E-state index in [2.05, 4.69) is 43.4 Å². The molecule has 3 heteroatoms. The van der Waals surface area contributed by atoms with Crippen molar-refractivity contribution in [2.24, 2.45) is 5.73 Å². The number of carbonyl (C=O) groups excluding carboxylic acids is 1. The number of hydrogen-bond donors (Lipinski definition) is 2. The van der Waals surface area contributed by atoms with E-state index in [0.29, 0.717) is 5.92 Å². The third-order valence-corrected chi connectivity index (χ3v) is 4.65. The van der Waals surface area contributed by atoms with Crippen LogP contribution in [0.4, 0.5) is 0 Å². The van der Waals surface area contributed by atoms with Gasteiger partial charge in [0.05, 0.1) is 11.6 Å². The highest BCUT2D eigenvalue weighted by Crippen LogP contribution is 2.27. The Morgan fingerprint density at radius 3 is 2.10 bits per heavy atom. The molecule has 1 fully saturated rings. The second-order valence-electron chi connectivity index (χ2n) is 6.73. The van der Waals surface area contributed by atoms with Gasteiger partial charge in [-0.25, -0.2) is 0 Å². The van der Waals surface area contributed by atoms with Crippen LogP contribution in [0.2, 0.25) is 0 Å². The average Bonchev–Trinajstić information content (AvgIpc) is 2.48. The average molecular weight is 288 g/mol. The maximum absolute atomic E-state index is 12.4. The first-order valence-corrected chi connectivity index (χ1v) is 8.12. The molecule has 0 aromatic heterocycles. The van der Waals surface area contributed by atoms with Crippen LogP contribution < -0.4 is 11.1 Å². The van der Waals surface area contributed by atoms with E-state index in [4.69, 9.17) is 5.73 Å². The van der Waals surface area contributed by atoms with Gasteiger partial charge in [-0.15, -0.1) is 0 Å². The molecule has 3 nitrogen and oxygen atoms in total. The predicted octanol–water partition coefficient (Wildman–Crippen LogP) is 3.65. The molecule has 1 aromatic carbocycles.